The van der Waals surface area contributed by atoms with Gasteiger partial charge in [-0.2, -0.15) is 0 Å². The van der Waals surface area contributed by atoms with Gasteiger partial charge >= 0.3 is 6.09 Å². The number of piperidine rings is 1. The number of ether oxygens (including phenoxy) is 1. The van der Waals surface area contributed by atoms with Gasteiger partial charge in [-0.1, -0.05) is 12.8 Å². The number of hydrogen-bond acceptors (Lipinski definition) is 4. The summed E-state index contributed by atoms with van der Waals surface area (Å²) in [5.74, 6) is 0.136. The highest BCUT2D eigenvalue weighted by atomic mass is 16.5. The summed E-state index contributed by atoms with van der Waals surface area (Å²) in [6.45, 7) is 3.93. The van der Waals surface area contributed by atoms with E-state index in [0.717, 1.165) is 19.4 Å². The molecule has 0 radical (unpaired) electrons. The summed E-state index contributed by atoms with van der Waals surface area (Å²) < 4.78 is 4.89. The molecule has 120 valence electrons. The first kappa shape index (κ1) is 16.1. The van der Waals surface area contributed by atoms with Crippen molar-refractivity contribution in [1.82, 2.24) is 15.5 Å². The fourth-order valence-corrected chi connectivity index (χ4v) is 3.13. The number of likely N-dealkylation sites (tertiary alicyclic amines) is 1. The average molecular weight is 297 g/mol. The number of nitrogens with one attached hydrogen (secondary N) is 2. The Bertz CT molecular complexity index is 356. The lowest BCUT2D eigenvalue weighted by Gasteiger charge is -2.33. The lowest BCUT2D eigenvalue weighted by molar-refractivity contribution is -0.131. The van der Waals surface area contributed by atoms with E-state index in [1.165, 1.54) is 25.7 Å². The Balaban J connectivity index is 1.71. The second kappa shape index (κ2) is 8.22. The van der Waals surface area contributed by atoms with Crippen molar-refractivity contribution in [2.75, 3.05) is 26.2 Å². The van der Waals surface area contributed by atoms with Crippen LogP contribution in [0.3, 0.4) is 0 Å². The van der Waals surface area contributed by atoms with Crippen molar-refractivity contribution in [3.8, 4) is 0 Å². The highest BCUT2D eigenvalue weighted by Gasteiger charge is 2.25. The van der Waals surface area contributed by atoms with Gasteiger partial charge in [0.05, 0.1) is 13.2 Å². The quantitative estimate of drug-likeness (QED) is 0.801. The Labute approximate surface area is 126 Å². The van der Waals surface area contributed by atoms with Crippen molar-refractivity contribution in [3.63, 3.8) is 0 Å². The van der Waals surface area contributed by atoms with Gasteiger partial charge in [0.25, 0.3) is 0 Å². The Morgan fingerprint density at radius 3 is 2.57 bits per heavy atom. The first-order valence-corrected chi connectivity index (χ1v) is 8.13. The van der Waals surface area contributed by atoms with Gasteiger partial charge in [-0.25, -0.2) is 4.79 Å². The monoisotopic (exact) mass is 297 g/mol. The molecular formula is C15H27N3O3. The number of hydrogen-bond donors (Lipinski definition) is 2. The Morgan fingerprint density at radius 1 is 1.14 bits per heavy atom. The van der Waals surface area contributed by atoms with Crippen LogP contribution in [0.4, 0.5) is 4.79 Å². The van der Waals surface area contributed by atoms with Gasteiger partial charge in [-0.05, 0) is 32.6 Å². The maximum absolute atomic E-state index is 12.2. The highest BCUT2D eigenvalue weighted by Crippen LogP contribution is 2.17. The van der Waals surface area contributed by atoms with Crippen LogP contribution in [0.25, 0.3) is 0 Å². The number of alkyl carbamates (subject to hydrolysis) is 1. The third-order valence-electron chi connectivity index (χ3n) is 4.27. The van der Waals surface area contributed by atoms with Crippen LogP contribution >= 0.6 is 0 Å². The van der Waals surface area contributed by atoms with Crippen LogP contribution in [0, 0.1) is 0 Å². The topological polar surface area (TPSA) is 70.7 Å². The molecule has 0 aromatic heterocycles. The van der Waals surface area contributed by atoms with Crippen LogP contribution in [-0.4, -0.2) is 55.2 Å². The lowest BCUT2D eigenvalue weighted by Crippen LogP contribution is -2.51. The van der Waals surface area contributed by atoms with Gasteiger partial charge in [0.1, 0.15) is 0 Å². The van der Waals surface area contributed by atoms with E-state index in [0.29, 0.717) is 25.7 Å². The summed E-state index contributed by atoms with van der Waals surface area (Å²) in [5.41, 5.74) is 0. The zero-order valence-corrected chi connectivity index (χ0v) is 12.9. The van der Waals surface area contributed by atoms with Crippen LogP contribution in [-0.2, 0) is 9.53 Å². The molecule has 1 aliphatic carbocycles. The van der Waals surface area contributed by atoms with E-state index in [1.807, 2.05) is 4.90 Å². The predicted octanol–water partition coefficient (Wildman–Crippen LogP) is 1.26. The predicted molar refractivity (Wildman–Crippen MR) is 80.0 cm³/mol. The molecule has 1 saturated carbocycles. The smallest absolute Gasteiger partial charge is 0.407 e. The second-order valence-electron chi connectivity index (χ2n) is 5.91. The Kier molecular flexibility index (Phi) is 6.29. The van der Waals surface area contributed by atoms with Gasteiger partial charge < -0.3 is 20.3 Å². The summed E-state index contributed by atoms with van der Waals surface area (Å²) in [5, 5.41) is 6.18. The van der Waals surface area contributed by atoms with Gasteiger partial charge in [0.2, 0.25) is 5.91 Å². The number of amides is 2. The van der Waals surface area contributed by atoms with Crippen molar-refractivity contribution in [2.45, 2.75) is 57.5 Å². The zero-order chi connectivity index (χ0) is 15.1. The van der Waals surface area contributed by atoms with Crippen LogP contribution in [0.5, 0.6) is 0 Å². The van der Waals surface area contributed by atoms with Gasteiger partial charge in [0, 0.05) is 25.2 Å². The van der Waals surface area contributed by atoms with Crippen molar-refractivity contribution in [3.05, 3.63) is 0 Å². The van der Waals surface area contributed by atoms with E-state index in [9.17, 15) is 9.59 Å². The molecule has 2 amide bonds. The molecule has 0 spiro atoms. The summed E-state index contributed by atoms with van der Waals surface area (Å²) in [4.78, 5) is 25.5. The molecule has 2 aliphatic rings. The summed E-state index contributed by atoms with van der Waals surface area (Å²) in [6.07, 6.45) is 6.33. The molecule has 6 nitrogen and oxygen atoms in total. The molecule has 2 N–H and O–H groups in total. The molecule has 2 rings (SSSR count). The van der Waals surface area contributed by atoms with E-state index >= 15 is 0 Å². The van der Waals surface area contributed by atoms with Crippen LogP contribution in [0.15, 0.2) is 0 Å². The minimum atomic E-state index is -0.388. The van der Waals surface area contributed by atoms with Crippen molar-refractivity contribution >= 4 is 12.0 Å². The summed E-state index contributed by atoms with van der Waals surface area (Å²) in [6, 6.07) is 0.514. The van der Waals surface area contributed by atoms with Crippen molar-refractivity contribution in [1.29, 1.82) is 0 Å². The molecule has 21 heavy (non-hydrogen) atoms. The largest absolute Gasteiger partial charge is 0.450 e. The summed E-state index contributed by atoms with van der Waals surface area (Å²) in [7, 11) is 0. The normalized spacial score (nSPS) is 23.1. The van der Waals surface area contributed by atoms with E-state index in [-0.39, 0.29) is 18.0 Å². The molecule has 1 aliphatic heterocycles. The number of carbonyl (C=O) groups is 2. The fraction of sp³-hybridized carbons (Fsp3) is 0.867. The first-order chi connectivity index (χ1) is 10.2. The van der Waals surface area contributed by atoms with E-state index in [1.54, 1.807) is 6.92 Å². The molecule has 6 heteroatoms. The molecule has 1 unspecified atom stereocenters. The number of nitrogens with zero attached hydrogens (tertiary/aromatic N) is 1. The van der Waals surface area contributed by atoms with E-state index in [4.69, 9.17) is 4.74 Å². The maximum atomic E-state index is 12.2. The average Bonchev–Trinajstić information content (AvgIpc) is 2.98. The number of rotatable bonds is 5. The third-order valence-corrected chi connectivity index (χ3v) is 4.27. The van der Waals surface area contributed by atoms with Crippen molar-refractivity contribution in [2.24, 2.45) is 0 Å². The van der Waals surface area contributed by atoms with Gasteiger partial charge in [-0.3, -0.25) is 4.79 Å². The standard InChI is InChI=1S/C15H27N3O3/c1-2-21-15(20)17-13-8-5-9-18(11-13)14(19)10-16-12-6-3-4-7-12/h12-13,16H,2-11H2,1H3,(H,17,20). The minimum absolute atomic E-state index is 0.00762. The maximum Gasteiger partial charge on any atom is 0.407 e. The SMILES string of the molecule is CCOC(=O)NC1CCCN(C(=O)CNC2CCCC2)C1. The molecule has 0 bridgehead atoms. The van der Waals surface area contributed by atoms with Gasteiger partial charge in [-0.15, -0.1) is 0 Å². The van der Waals surface area contributed by atoms with E-state index < -0.39 is 0 Å². The molecule has 2 fully saturated rings. The van der Waals surface area contributed by atoms with Gasteiger partial charge in [0.15, 0.2) is 0 Å². The van der Waals surface area contributed by atoms with E-state index in [2.05, 4.69) is 10.6 Å². The van der Waals surface area contributed by atoms with Crippen LogP contribution in [0.2, 0.25) is 0 Å². The molecule has 1 heterocycles. The highest BCUT2D eigenvalue weighted by molar-refractivity contribution is 5.78. The van der Waals surface area contributed by atoms with Crippen molar-refractivity contribution < 1.29 is 14.3 Å². The Morgan fingerprint density at radius 2 is 1.86 bits per heavy atom. The third kappa shape index (κ3) is 5.19. The molecule has 0 aromatic carbocycles. The summed E-state index contributed by atoms with van der Waals surface area (Å²) >= 11 is 0. The molecule has 1 atom stereocenters. The lowest BCUT2D eigenvalue weighted by atomic mass is 10.1. The minimum Gasteiger partial charge on any atom is -0.450 e. The Hall–Kier alpha value is -1.30. The molecule has 0 aromatic rings. The zero-order valence-electron chi connectivity index (χ0n) is 12.9. The first-order valence-electron chi connectivity index (χ1n) is 8.13. The fourth-order valence-electron chi connectivity index (χ4n) is 3.13. The molecule has 1 saturated heterocycles. The van der Waals surface area contributed by atoms with Crippen LogP contribution in [0.1, 0.15) is 45.4 Å². The molecular weight excluding hydrogens is 270 g/mol. The van der Waals surface area contributed by atoms with Crippen LogP contribution < -0.4 is 10.6 Å². The number of carbonyl (C=O) groups excluding carboxylic acids is 2. The second-order valence-corrected chi connectivity index (χ2v) is 5.91.